The summed E-state index contributed by atoms with van der Waals surface area (Å²) in [4.78, 5) is 2.62. The molecule has 2 aromatic rings. The van der Waals surface area contributed by atoms with Crippen molar-refractivity contribution in [3.05, 3.63) is 58.1 Å². The van der Waals surface area contributed by atoms with Crippen molar-refractivity contribution in [3.63, 3.8) is 0 Å². The van der Waals surface area contributed by atoms with Crippen LogP contribution in [0.3, 0.4) is 0 Å². The van der Waals surface area contributed by atoms with E-state index >= 15 is 0 Å². The van der Waals surface area contributed by atoms with Crippen LogP contribution < -0.4 is 9.46 Å². The summed E-state index contributed by atoms with van der Waals surface area (Å²) in [6, 6.07) is 12.3. The van der Waals surface area contributed by atoms with Crippen LogP contribution in [-0.2, 0) is 16.6 Å². The Kier molecular flexibility index (Phi) is 7.44. The SMILES string of the molecule is O=S(=O)(NCCC1CC(Oc2cccc(CN3CCCC3)c2Cl)C1)c1cccc(Cl)c1. The lowest BCUT2D eigenvalue weighted by atomic mass is 9.80. The van der Waals surface area contributed by atoms with Gasteiger partial charge in [-0.05, 0) is 80.9 Å². The van der Waals surface area contributed by atoms with Crippen molar-refractivity contribution in [1.82, 2.24) is 9.62 Å². The molecule has 0 bridgehead atoms. The minimum absolute atomic E-state index is 0.133. The first-order chi connectivity index (χ1) is 14.9. The van der Waals surface area contributed by atoms with E-state index in [2.05, 4.69) is 15.7 Å². The molecule has 2 aliphatic rings. The Morgan fingerprint density at radius 1 is 1.06 bits per heavy atom. The molecule has 2 fully saturated rings. The van der Waals surface area contributed by atoms with Gasteiger partial charge in [-0.1, -0.05) is 41.4 Å². The third-order valence-corrected chi connectivity index (χ3v) is 8.20. The summed E-state index contributed by atoms with van der Waals surface area (Å²) < 4.78 is 33.5. The molecule has 0 atom stereocenters. The molecule has 0 amide bonds. The van der Waals surface area contributed by atoms with Gasteiger partial charge in [0, 0.05) is 18.1 Å². The molecule has 1 N–H and O–H groups in total. The molecule has 31 heavy (non-hydrogen) atoms. The second kappa shape index (κ2) is 10.1. The predicted octanol–water partition coefficient (Wildman–Crippen LogP) is 5.12. The Labute approximate surface area is 194 Å². The smallest absolute Gasteiger partial charge is 0.240 e. The molecule has 1 aliphatic heterocycles. The van der Waals surface area contributed by atoms with Gasteiger partial charge in [0.15, 0.2) is 0 Å². The van der Waals surface area contributed by atoms with E-state index in [9.17, 15) is 8.42 Å². The predicted molar refractivity (Wildman–Crippen MR) is 124 cm³/mol. The quantitative estimate of drug-likeness (QED) is 0.538. The second-order valence-corrected chi connectivity index (χ2v) is 11.0. The topological polar surface area (TPSA) is 58.6 Å². The van der Waals surface area contributed by atoms with E-state index < -0.39 is 10.0 Å². The zero-order valence-corrected chi connectivity index (χ0v) is 19.7. The molecule has 0 unspecified atom stereocenters. The van der Waals surface area contributed by atoms with E-state index in [1.165, 1.54) is 18.9 Å². The number of hydrogen-bond donors (Lipinski definition) is 1. The van der Waals surface area contributed by atoms with Crippen LogP contribution in [0.2, 0.25) is 10.0 Å². The number of benzene rings is 2. The van der Waals surface area contributed by atoms with Gasteiger partial charge in [0.25, 0.3) is 0 Å². The number of rotatable bonds is 9. The standard InChI is InChI=1S/C23H28Cl2N2O3S/c24-19-6-4-7-21(15-19)31(28,29)26-10-9-17-13-20(14-17)30-22-8-3-5-18(23(22)25)16-27-11-1-2-12-27/h3-8,15,17,20,26H,1-2,9-14,16H2. The summed E-state index contributed by atoms with van der Waals surface area (Å²) in [5.41, 5.74) is 1.12. The molecule has 0 radical (unpaired) electrons. The summed E-state index contributed by atoms with van der Waals surface area (Å²) in [6.45, 7) is 3.54. The van der Waals surface area contributed by atoms with Crippen LogP contribution in [0.1, 0.15) is 37.7 Å². The number of nitrogens with one attached hydrogen (secondary N) is 1. The Hall–Kier alpha value is -1.31. The van der Waals surface area contributed by atoms with Gasteiger partial charge in [-0.3, -0.25) is 4.90 Å². The maximum absolute atomic E-state index is 12.4. The van der Waals surface area contributed by atoms with Crippen molar-refractivity contribution in [3.8, 4) is 5.75 Å². The van der Waals surface area contributed by atoms with Gasteiger partial charge in [0.05, 0.1) is 16.0 Å². The van der Waals surface area contributed by atoms with Crippen LogP contribution in [0.25, 0.3) is 0 Å². The lowest BCUT2D eigenvalue weighted by Crippen LogP contribution is -2.36. The highest BCUT2D eigenvalue weighted by Gasteiger charge is 2.31. The Bertz CT molecular complexity index is 1000. The van der Waals surface area contributed by atoms with Gasteiger partial charge in [-0.25, -0.2) is 13.1 Å². The minimum atomic E-state index is -3.53. The van der Waals surface area contributed by atoms with Crippen LogP contribution in [0, 0.1) is 5.92 Å². The van der Waals surface area contributed by atoms with Crippen molar-refractivity contribution in [2.45, 2.75) is 49.6 Å². The molecule has 168 valence electrons. The van der Waals surface area contributed by atoms with Gasteiger partial charge in [0.1, 0.15) is 5.75 Å². The molecule has 8 heteroatoms. The molecular formula is C23H28Cl2N2O3S. The van der Waals surface area contributed by atoms with E-state index in [4.69, 9.17) is 27.9 Å². The van der Waals surface area contributed by atoms with Crippen molar-refractivity contribution in [1.29, 1.82) is 0 Å². The fraction of sp³-hybridized carbons (Fsp3) is 0.478. The third-order valence-electron chi connectivity index (χ3n) is 6.07. The number of halogens is 2. The number of sulfonamides is 1. The molecule has 4 rings (SSSR count). The van der Waals surface area contributed by atoms with E-state index in [1.54, 1.807) is 18.2 Å². The zero-order valence-electron chi connectivity index (χ0n) is 17.4. The first-order valence-electron chi connectivity index (χ1n) is 10.8. The highest BCUT2D eigenvalue weighted by Crippen LogP contribution is 2.37. The minimum Gasteiger partial charge on any atom is -0.489 e. The van der Waals surface area contributed by atoms with E-state index in [-0.39, 0.29) is 11.0 Å². The number of hydrogen-bond acceptors (Lipinski definition) is 4. The largest absolute Gasteiger partial charge is 0.489 e. The van der Waals surface area contributed by atoms with Gasteiger partial charge < -0.3 is 4.74 Å². The van der Waals surface area contributed by atoms with Crippen molar-refractivity contribution < 1.29 is 13.2 Å². The fourth-order valence-electron chi connectivity index (χ4n) is 4.25. The van der Waals surface area contributed by atoms with Crippen molar-refractivity contribution in [2.24, 2.45) is 5.92 Å². The maximum Gasteiger partial charge on any atom is 0.240 e. The fourth-order valence-corrected chi connectivity index (χ4v) is 5.83. The summed E-state index contributed by atoms with van der Waals surface area (Å²) in [5, 5.41) is 1.12. The Morgan fingerprint density at radius 3 is 2.55 bits per heavy atom. The van der Waals surface area contributed by atoms with E-state index in [0.717, 1.165) is 50.2 Å². The molecular weight excluding hydrogens is 455 g/mol. The van der Waals surface area contributed by atoms with Gasteiger partial charge in [0.2, 0.25) is 10.0 Å². The van der Waals surface area contributed by atoms with Crippen LogP contribution in [0.4, 0.5) is 0 Å². The van der Waals surface area contributed by atoms with Crippen LogP contribution in [-0.4, -0.2) is 39.1 Å². The lowest BCUT2D eigenvalue weighted by molar-refractivity contribution is 0.0614. The van der Waals surface area contributed by atoms with Crippen LogP contribution in [0.15, 0.2) is 47.4 Å². The highest BCUT2D eigenvalue weighted by atomic mass is 35.5. The van der Waals surface area contributed by atoms with Gasteiger partial charge >= 0.3 is 0 Å². The molecule has 5 nitrogen and oxygen atoms in total. The Morgan fingerprint density at radius 2 is 1.81 bits per heavy atom. The number of nitrogens with zero attached hydrogens (tertiary/aromatic N) is 1. The van der Waals surface area contributed by atoms with Crippen molar-refractivity contribution in [2.75, 3.05) is 19.6 Å². The lowest BCUT2D eigenvalue weighted by Gasteiger charge is -2.35. The molecule has 0 aromatic heterocycles. The maximum atomic E-state index is 12.4. The second-order valence-electron chi connectivity index (χ2n) is 8.43. The third kappa shape index (κ3) is 5.93. The van der Waals surface area contributed by atoms with E-state index in [0.29, 0.717) is 22.5 Å². The Balaban J connectivity index is 1.22. The molecule has 0 spiro atoms. The summed E-state index contributed by atoms with van der Waals surface area (Å²) in [7, 11) is -3.53. The summed E-state index contributed by atoms with van der Waals surface area (Å²) >= 11 is 12.5. The molecule has 1 saturated heterocycles. The molecule has 1 aliphatic carbocycles. The summed E-state index contributed by atoms with van der Waals surface area (Å²) in [5.74, 6) is 1.20. The van der Waals surface area contributed by atoms with Gasteiger partial charge in [-0.2, -0.15) is 0 Å². The van der Waals surface area contributed by atoms with Crippen LogP contribution >= 0.6 is 23.2 Å². The van der Waals surface area contributed by atoms with Gasteiger partial charge in [-0.15, -0.1) is 0 Å². The molecule has 1 heterocycles. The zero-order chi connectivity index (χ0) is 21.8. The normalized spacial score (nSPS) is 21.7. The van der Waals surface area contributed by atoms with Crippen molar-refractivity contribution >= 4 is 33.2 Å². The molecule has 1 saturated carbocycles. The highest BCUT2D eigenvalue weighted by molar-refractivity contribution is 7.89. The van der Waals surface area contributed by atoms with Crippen LogP contribution in [0.5, 0.6) is 5.75 Å². The number of ether oxygens (including phenoxy) is 1. The average molecular weight is 483 g/mol. The monoisotopic (exact) mass is 482 g/mol. The average Bonchev–Trinajstić information content (AvgIpc) is 3.22. The van der Waals surface area contributed by atoms with E-state index in [1.807, 2.05) is 12.1 Å². The molecule has 2 aromatic carbocycles. The first-order valence-corrected chi connectivity index (χ1v) is 13.1. The first kappa shape index (κ1) is 22.9. The summed E-state index contributed by atoms with van der Waals surface area (Å²) in [6.07, 6.45) is 5.24. The number of likely N-dealkylation sites (tertiary alicyclic amines) is 1.